The molecular weight excluding hydrogens is 538 g/mol. The lowest BCUT2D eigenvalue weighted by atomic mass is 9.46. The van der Waals surface area contributed by atoms with Crippen molar-refractivity contribution in [3.8, 4) is 0 Å². The zero-order valence-electron chi connectivity index (χ0n) is 23.4. The SMILES string of the molecule is C[C@]12C=CC(=O)C=C1CC[C@@H]1[C@@H]2[C@@H](O)C[C@@]2(C)[C@H]1C[C@H]1O[C@@H](c3cscc3Cc3ccc(N)cc3)O[C@]12C(=O)CO. The van der Waals surface area contributed by atoms with E-state index in [-0.39, 0.29) is 29.3 Å². The topological polar surface area (TPSA) is 119 Å². The fourth-order valence-corrected chi connectivity index (χ4v) is 10.2. The largest absolute Gasteiger partial charge is 0.399 e. The first kappa shape index (κ1) is 27.2. The number of benzene rings is 1. The predicted molar refractivity (Wildman–Crippen MR) is 155 cm³/mol. The van der Waals surface area contributed by atoms with E-state index < -0.39 is 41.5 Å². The molecule has 2 heterocycles. The third kappa shape index (κ3) is 3.77. The highest BCUT2D eigenvalue weighted by molar-refractivity contribution is 7.08. The molecule has 216 valence electrons. The van der Waals surface area contributed by atoms with Crippen LogP contribution in [-0.4, -0.2) is 46.2 Å². The molecule has 0 bridgehead atoms. The molecule has 4 N–H and O–H groups in total. The monoisotopic (exact) mass is 575 g/mol. The second kappa shape index (κ2) is 9.44. The Kier molecular flexibility index (Phi) is 6.27. The Morgan fingerprint density at radius 2 is 1.98 bits per heavy atom. The van der Waals surface area contributed by atoms with Gasteiger partial charge in [-0.15, -0.1) is 0 Å². The van der Waals surface area contributed by atoms with Crippen LogP contribution in [0, 0.1) is 28.6 Å². The minimum atomic E-state index is -1.35. The summed E-state index contributed by atoms with van der Waals surface area (Å²) in [4.78, 5) is 26.0. The molecule has 4 fully saturated rings. The van der Waals surface area contributed by atoms with Crippen LogP contribution in [0.2, 0.25) is 0 Å². The summed E-state index contributed by atoms with van der Waals surface area (Å²) in [5.41, 5.74) is 8.29. The zero-order valence-corrected chi connectivity index (χ0v) is 24.2. The molecule has 3 saturated carbocycles. The number of anilines is 1. The molecule has 0 unspecified atom stereocenters. The van der Waals surface area contributed by atoms with E-state index in [2.05, 4.69) is 19.2 Å². The lowest BCUT2D eigenvalue weighted by Gasteiger charge is -2.59. The smallest absolute Gasteiger partial charge is 0.193 e. The normalized spacial score (nSPS) is 40.9. The molecule has 41 heavy (non-hydrogen) atoms. The van der Waals surface area contributed by atoms with E-state index >= 15 is 0 Å². The number of nitrogens with two attached hydrogens (primary N) is 1. The van der Waals surface area contributed by atoms with E-state index in [0.29, 0.717) is 24.9 Å². The van der Waals surface area contributed by atoms with Crippen molar-refractivity contribution in [2.45, 2.75) is 70.1 Å². The minimum Gasteiger partial charge on any atom is -0.399 e. The number of rotatable bonds is 5. The van der Waals surface area contributed by atoms with Crippen LogP contribution in [0.25, 0.3) is 0 Å². The van der Waals surface area contributed by atoms with Gasteiger partial charge in [-0.3, -0.25) is 9.59 Å². The number of hydrogen-bond donors (Lipinski definition) is 3. The highest BCUT2D eigenvalue weighted by Crippen LogP contribution is 2.70. The molecule has 1 aliphatic heterocycles. The number of fused-ring (bicyclic) bond motifs is 7. The van der Waals surface area contributed by atoms with Crippen LogP contribution in [-0.2, 0) is 25.5 Å². The minimum absolute atomic E-state index is 0.00555. The summed E-state index contributed by atoms with van der Waals surface area (Å²) in [5.74, 6) is -0.235. The maximum atomic E-state index is 13.8. The lowest BCUT2D eigenvalue weighted by molar-refractivity contribution is -0.201. The van der Waals surface area contributed by atoms with Gasteiger partial charge in [-0.05, 0) is 90.1 Å². The van der Waals surface area contributed by atoms with Crippen molar-refractivity contribution < 1.29 is 29.3 Å². The Morgan fingerprint density at radius 1 is 1.20 bits per heavy atom. The van der Waals surface area contributed by atoms with E-state index in [1.165, 1.54) is 0 Å². The molecule has 1 saturated heterocycles. The number of ketones is 2. The van der Waals surface area contributed by atoms with Crippen molar-refractivity contribution in [1.82, 2.24) is 0 Å². The molecule has 0 spiro atoms. The van der Waals surface area contributed by atoms with Crippen LogP contribution in [0.4, 0.5) is 5.69 Å². The Bertz CT molecular complexity index is 1460. The molecule has 9 atom stereocenters. The van der Waals surface area contributed by atoms with E-state index in [1.54, 1.807) is 23.5 Å². The van der Waals surface area contributed by atoms with Crippen LogP contribution in [0.5, 0.6) is 0 Å². The van der Waals surface area contributed by atoms with Gasteiger partial charge in [0.25, 0.3) is 0 Å². The number of carbonyl (C=O) groups is 2. The summed E-state index contributed by atoms with van der Waals surface area (Å²) in [5, 5.41) is 26.2. The fraction of sp³-hybridized carbons (Fsp3) is 0.515. The molecule has 5 aliphatic rings. The fourth-order valence-electron chi connectivity index (χ4n) is 9.36. The maximum absolute atomic E-state index is 13.8. The molecule has 7 rings (SSSR count). The Morgan fingerprint density at radius 3 is 2.73 bits per heavy atom. The second-order valence-corrected chi connectivity index (χ2v) is 13.9. The number of aliphatic hydroxyl groups excluding tert-OH is 2. The van der Waals surface area contributed by atoms with E-state index in [9.17, 15) is 19.8 Å². The predicted octanol–water partition coefficient (Wildman–Crippen LogP) is 4.52. The summed E-state index contributed by atoms with van der Waals surface area (Å²) in [6.07, 6.45) is 6.70. The summed E-state index contributed by atoms with van der Waals surface area (Å²) in [6, 6.07) is 7.79. The molecule has 1 aromatic heterocycles. The van der Waals surface area contributed by atoms with E-state index in [0.717, 1.165) is 35.1 Å². The van der Waals surface area contributed by atoms with Gasteiger partial charge in [0.2, 0.25) is 0 Å². The standard InChI is InChI=1S/C33H37NO6S/c1-31-10-9-22(36)12-20(31)5-8-23-25-13-28-33(27(38)15-35,32(25,2)14-26(37)29(23)31)40-30(39-28)24-17-41-16-19(24)11-18-3-6-21(34)7-4-18/h3-4,6-7,9-10,12,16-17,23,25-26,28-30,35,37H,5,8,11,13-15,34H2,1-2H3/t23-,25-,26-,28+,29+,30+,31-,32-,33+/m0/s1. The molecule has 7 nitrogen and oxygen atoms in total. The molecule has 1 aromatic carbocycles. The third-order valence-corrected chi connectivity index (χ3v) is 12.0. The number of thiophene rings is 1. The Labute approximate surface area is 244 Å². The summed E-state index contributed by atoms with van der Waals surface area (Å²) in [6.45, 7) is 3.56. The summed E-state index contributed by atoms with van der Waals surface area (Å²) < 4.78 is 13.4. The first-order valence-electron chi connectivity index (χ1n) is 14.6. The molecule has 0 radical (unpaired) electrons. The number of ether oxygens (including phenoxy) is 2. The van der Waals surface area contributed by atoms with Gasteiger partial charge in [0, 0.05) is 28.0 Å². The molecule has 8 heteroatoms. The van der Waals surface area contributed by atoms with Crippen LogP contribution < -0.4 is 5.73 Å². The van der Waals surface area contributed by atoms with Crippen molar-refractivity contribution in [1.29, 1.82) is 0 Å². The number of Topliss-reactive ketones (excluding diaryl/α,β-unsaturated/α-hetero) is 1. The van der Waals surface area contributed by atoms with Gasteiger partial charge in [-0.2, -0.15) is 11.3 Å². The Balaban J connectivity index is 1.22. The second-order valence-electron chi connectivity index (χ2n) is 13.1. The number of carbonyl (C=O) groups excluding carboxylic acids is 2. The number of aliphatic hydroxyl groups is 2. The van der Waals surface area contributed by atoms with Crippen molar-refractivity contribution in [3.63, 3.8) is 0 Å². The highest BCUT2D eigenvalue weighted by Gasteiger charge is 2.76. The molecule has 2 aromatic rings. The quantitative estimate of drug-likeness (QED) is 0.449. The van der Waals surface area contributed by atoms with E-state index in [1.807, 2.05) is 35.7 Å². The average molecular weight is 576 g/mol. The Hall–Kier alpha value is -2.62. The number of allylic oxidation sites excluding steroid dienone is 4. The summed E-state index contributed by atoms with van der Waals surface area (Å²) in [7, 11) is 0. The van der Waals surface area contributed by atoms with Gasteiger partial charge in [0.05, 0.1) is 12.2 Å². The van der Waals surface area contributed by atoms with Crippen LogP contribution in [0.1, 0.15) is 62.5 Å². The zero-order chi connectivity index (χ0) is 28.7. The van der Waals surface area contributed by atoms with Crippen molar-refractivity contribution in [2.24, 2.45) is 28.6 Å². The lowest BCUT2D eigenvalue weighted by Crippen LogP contribution is -2.63. The molecule has 0 amide bonds. The van der Waals surface area contributed by atoms with Crippen LogP contribution in [0.3, 0.4) is 0 Å². The van der Waals surface area contributed by atoms with Crippen LogP contribution >= 0.6 is 11.3 Å². The van der Waals surface area contributed by atoms with Gasteiger partial charge in [0.1, 0.15) is 6.61 Å². The number of nitrogen functional groups attached to an aromatic ring is 1. The van der Waals surface area contributed by atoms with Crippen molar-refractivity contribution in [3.05, 3.63) is 75.5 Å². The van der Waals surface area contributed by atoms with Crippen LogP contribution in [0.15, 0.2) is 58.8 Å². The van der Waals surface area contributed by atoms with Gasteiger partial charge >= 0.3 is 0 Å². The molecule has 4 aliphatic carbocycles. The van der Waals surface area contributed by atoms with Gasteiger partial charge < -0.3 is 25.4 Å². The van der Waals surface area contributed by atoms with Crippen molar-refractivity contribution >= 4 is 28.6 Å². The highest BCUT2D eigenvalue weighted by atomic mass is 32.1. The summed E-state index contributed by atoms with van der Waals surface area (Å²) >= 11 is 1.57. The molecular formula is C33H37NO6S. The third-order valence-electron chi connectivity index (χ3n) is 11.2. The van der Waals surface area contributed by atoms with Crippen molar-refractivity contribution in [2.75, 3.05) is 12.3 Å². The average Bonchev–Trinajstić information content (AvgIpc) is 3.62. The van der Waals surface area contributed by atoms with Gasteiger partial charge in [-0.1, -0.05) is 37.6 Å². The van der Waals surface area contributed by atoms with E-state index in [4.69, 9.17) is 15.2 Å². The van der Waals surface area contributed by atoms with Gasteiger partial charge in [-0.25, -0.2) is 0 Å². The van der Waals surface area contributed by atoms with Gasteiger partial charge in [0.15, 0.2) is 23.5 Å². The maximum Gasteiger partial charge on any atom is 0.193 e. The number of hydrogen-bond acceptors (Lipinski definition) is 8. The first-order chi connectivity index (χ1) is 19.6. The first-order valence-corrected chi connectivity index (χ1v) is 15.5.